The minimum absolute atomic E-state index is 0.0457. The number of hydroxylamine groups is 1. The normalized spacial score (nSPS) is 20.9. The molecule has 0 spiro atoms. The molecule has 0 aromatic heterocycles. The van der Waals surface area contributed by atoms with Crippen LogP contribution < -0.4 is 10.5 Å². The van der Waals surface area contributed by atoms with E-state index in [1.165, 1.54) is 0 Å². The Balaban J connectivity index is 1.84. The van der Waals surface area contributed by atoms with Crippen molar-refractivity contribution in [2.75, 3.05) is 18.3 Å². The van der Waals surface area contributed by atoms with E-state index in [1.807, 2.05) is 0 Å². The van der Waals surface area contributed by atoms with Gasteiger partial charge in [-0.05, 0) is 18.2 Å². The summed E-state index contributed by atoms with van der Waals surface area (Å²) >= 11 is 17.3. The molecule has 48 heavy (non-hydrogen) atoms. The summed E-state index contributed by atoms with van der Waals surface area (Å²) in [7, 11) is 0. The van der Waals surface area contributed by atoms with Crippen molar-refractivity contribution in [1.82, 2.24) is 4.98 Å². The first-order valence-corrected chi connectivity index (χ1v) is 15.0. The number of ether oxygens (including phenoxy) is 6. The predicted molar refractivity (Wildman–Crippen MR) is 164 cm³/mol. The van der Waals surface area contributed by atoms with Crippen LogP contribution in [0.1, 0.15) is 27.7 Å². The maximum Gasteiger partial charge on any atom is 0.439 e. The molecule has 0 N–H and O–H groups in total. The average Bonchev–Trinajstić information content (AvgIpc) is 2.98. The first-order valence-electron chi connectivity index (χ1n) is 13.9. The van der Waals surface area contributed by atoms with Gasteiger partial charge in [0.1, 0.15) is 36.2 Å². The fourth-order valence-electron chi connectivity index (χ4n) is 4.53. The highest BCUT2D eigenvalue weighted by atomic mass is 35.6. The van der Waals surface area contributed by atoms with Gasteiger partial charge in [-0.25, -0.2) is 14.6 Å². The molecule has 0 radical (unpaired) electrons. The van der Waals surface area contributed by atoms with Crippen LogP contribution in [0.5, 0.6) is 0 Å². The summed E-state index contributed by atoms with van der Waals surface area (Å²) in [5, 5.41) is 0.316. The number of para-hydroxylation sites is 2. The Bertz CT molecular complexity index is 1730. The molecule has 0 unspecified atom stereocenters. The van der Waals surface area contributed by atoms with E-state index < -0.39 is 88.8 Å². The number of hydrogen-bond donors (Lipinski definition) is 0. The Kier molecular flexibility index (Phi) is 11.7. The number of benzene rings is 2. The Labute approximate surface area is 286 Å². The molecule has 19 heteroatoms. The lowest BCUT2D eigenvalue weighted by molar-refractivity contribution is -0.309. The fraction of sp³-hybridized carbons (Fsp3) is 0.414. The highest BCUT2D eigenvalue weighted by Gasteiger charge is 2.54. The molecule has 0 bridgehead atoms. The predicted octanol–water partition coefficient (Wildman–Crippen LogP) is 3.62. The number of nitrogens with zero attached hydrogens (tertiary/aromatic N) is 2. The zero-order valence-electron chi connectivity index (χ0n) is 25.5. The highest BCUT2D eigenvalue weighted by Crippen LogP contribution is 2.33. The molecule has 3 aliphatic rings. The van der Waals surface area contributed by atoms with Gasteiger partial charge in [0.2, 0.25) is 15.5 Å². The summed E-state index contributed by atoms with van der Waals surface area (Å²) in [6, 6.07) is 8.84. The van der Waals surface area contributed by atoms with Gasteiger partial charge in [0.15, 0.2) is 29.7 Å². The molecule has 1 aliphatic carbocycles. The van der Waals surface area contributed by atoms with Crippen LogP contribution >= 0.6 is 34.8 Å². The van der Waals surface area contributed by atoms with Gasteiger partial charge in [-0.3, -0.25) is 24.0 Å². The average molecular weight is 734 g/mol. The smallest absolute Gasteiger partial charge is 0.439 e. The quantitative estimate of drug-likeness (QED) is 0.102. The Morgan fingerprint density at radius 3 is 2.10 bits per heavy atom. The van der Waals surface area contributed by atoms with E-state index in [-0.39, 0.29) is 11.5 Å². The van der Waals surface area contributed by atoms with Gasteiger partial charge in [0.05, 0.1) is 0 Å². The van der Waals surface area contributed by atoms with Gasteiger partial charge >= 0.3 is 30.0 Å². The maximum absolute atomic E-state index is 13.5. The number of hydrogen-bond acceptors (Lipinski definition) is 15. The number of halogens is 3. The maximum atomic E-state index is 13.5. The van der Waals surface area contributed by atoms with Crippen LogP contribution in [0.25, 0.3) is 22.6 Å². The fourth-order valence-corrected chi connectivity index (χ4v) is 4.69. The summed E-state index contributed by atoms with van der Waals surface area (Å²) in [5.74, 6) is -3.46. The summed E-state index contributed by atoms with van der Waals surface area (Å²) in [5.41, 5.74) is -0.527. The molecular formula is C29H27Cl3N2O14. The summed E-state index contributed by atoms with van der Waals surface area (Å²) in [4.78, 5) is 85.4. The van der Waals surface area contributed by atoms with Gasteiger partial charge in [0.25, 0.3) is 0 Å². The van der Waals surface area contributed by atoms with Crippen LogP contribution in [0.4, 0.5) is 10.5 Å². The molecule has 2 heterocycles. The molecule has 5 atom stereocenters. The Morgan fingerprint density at radius 2 is 1.48 bits per heavy atom. The molecule has 0 saturated carbocycles. The lowest BCUT2D eigenvalue weighted by Gasteiger charge is -2.44. The Hall–Kier alpha value is -4.22. The molecule has 16 nitrogen and oxygen atoms in total. The van der Waals surface area contributed by atoms with E-state index >= 15 is 0 Å². The van der Waals surface area contributed by atoms with Crippen LogP contribution in [0.15, 0.2) is 45.6 Å². The van der Waals surface area contributed by atoms with E-state index in [0.29, 0.717) is 16.2 Å². The van der Waals surface area contributed by atoms with Crippen molar-refractivity contribution < 1.29 is 61.6 Å². The van der Waals surface area contributed by atoms with Gasteiger partial charge in [-0.1, -0.05) is 46.9 Å². The van der Waals surface area contributed by atoms with Crippen LogP contribution in [-0.2, 0) is 52.4 Å². The van der Waals surface area contributed by atoms with Crippen molar-refractivity contribution in [3.05, 3.63) is 46.6 Å². The van der Waals surface area contributed by atoms with Crippen molar-refractivity contribution in [2.24, 2.45) is 0 Å². The highest BCUT2D eigenvalue weighted by molar-refractivity contribution is 6.67. The lowest BCUT2D eigenvalue weighted by Crippen LogP contribution is -2.64. The number of aromatic nitrogens is 1. The van der Waals surface area contributed by atoms with Gasteiger partial charge < -0.3 is 32.8 Å². The molecule has 1 saturated heterocycles. The minimum Gasteiger partial charge on any atom is -0.463 e. The molecule has 1 fully saturated rings. The van der Waals surface area contributed by atoms with Crippen LogP contribution in [0.3, 0.4) is 0 Å². The van der Waals surface area contributed by atoms with Crippen molar-refractivity contribution in [1.29, 1.82) is 0 Å². The van der Waals surface area contributed by atoms with Gasteiger partial charge in [-0.2, -0.15) is 0 Å². The topological polar surface area (TPSA) is 196 Å². The number of carbonyl (C=O) groups excluding carboxylic acids is 5. The monoisotopic (exact) mass is 732 g/mol. The number of amides is 1. The second-order valence-corrected chi connectivity index (χ2v) is 12.6. The lowest BCUT2D eigenvalue weighted by atomic mass is 9.98. The van der Waals surface area contributed by atoms with Gasteiger partial charge in [-0.15, -0.1) is 5.06 Å². The van der Waals surface area contributed by atoms with Gasteiger partial charge in [0, 0.05) is 33.8 Å². The number of rotatable bonds is 9. The number of alkyl halides is 3. The van der Waals surface area contributed by atoms with Crippen molar-refractivity contribution in [2.45, 2.75) is 62.2 Å². The minimum atomic E-state index is -2.10. The standard InChI is InChI=1S/C29H27Cl3N2O14/c1-13(35)41-11-23-24(43-14(2)36)25(44-15(3)37)26(45-16(4)38)27(47-23)48-34(28(40)42-12-29(30,31)32)19-9-18-22(10-20(19)39)46-21-8-6-5-7-17(21)33-18/h5-10,23-27H,11-12H2,1-4H3/t23-,24-,25+,26-,27+/m0/s1. The molecule has 1 amide bonds. The third kappa shape index (κ3) is 9.44. The van der Waals surface area contributed by atoms with E-state index in [0.717, 1.165) is 39.8 Å². The zero-order valence-corrected chi connectivity index (χ0v) is 27.8. The van der Waals surface area contributed by atoms with Crippen molar-refractivity contribution >= 4 is 81.6 Å². The molecule has 1 aromatic rings. The SMILES string of the molecule is CC(=O)OC[C@@H]1O[C@H](ON(C(=O)OCC(Cl)(Cl)Cl)c2cc3nc4ccccc4oc-3cc2=O)[C@@H](OC(C)=O)[C@H](OC(C)=O)[C@H]1OC(C)=O. The van der Waals surface area contributed by atoms with E-state index in [1.54, 1.807) is 24.3 Å². The number of fused-ring (bicyclic) bond motifs is 2. The van der Waals surface area contributed by atoms with E-state index in [2.05, 4.69) is 4.98 Å². The zero-order chi connectivity index (χ0) is 35.3. The van der Waals surface area contributed by atoms with Crippen LogP contribution in [-0.4, -0.2) is 82.7 Å². The summed E-state index contributed by atoms with van der Waals surface area (Å²) in [6.07, 6.45) is -9.80. The summed E-state index contributed by atoms with van der Waals surface area (Å²) in [6.45, 7) is 2.72. The van der Waals surface area contributed by atoms with E-state index in [9.17, 15) is 28.8 Å². The summed E-state index contributed by atoms with van der Waals surface area (Å²) < 4.78 is 35.8. The van der Waals surface area contributed by atoms with E-state index in [4.69, 9.17) is 72.5 Å². The third-order valence-corrected chi connectivity index (χ3v) is 6.60. The van der Waals surface area contributed by atoms with Crippen molar-refractivity contribution in [3.63, 3.8) is 0 Å². The molecule has 4 rings (SSSR count). The number of carbonyl (C=O) groups is 5. The molecule has 1 aromatic carbocycles. The second-order valence-electron chi connectivity index (χ2n) is 10.1. The van der Waals surface area contributed by atoms with Crippen LogP contribution in [0, 0.1) is 0 Å². The first-order chi connectivity index (χ1) is 22.5. The van der Waals surface area contributed by atoms with Crippen LogP contribution in [0.2, 0.25) is 0 Å². The number of anilines is 1. The molecule has 258 valence electrons. The largest absolute Gasteiger partial charge is 0.463 e. The molecular weight excluding hydrogens is 707 g/mol. The Morgan fingerprint density at radius 1 is 0.854 bits per heavy atom. The number of esters is 4. The second kappa shape index (κ2) is 15.3. The first kappa shape index (κ1) is 36.6. The molecule has 2 aliphatic heterocycles. The third-order valence-electron chi connectivity index (χ3n) is 6.27. The van der Waals surface area contributed by atoms with Crippen molar-refractivity contribution in [3.8, 4) is 11.5 Å².